The lowest BCUT2D eigenvalue weighted by Gasteiger charge is -2.36. The van der Waals surface area contributed by atoms with E-state index >= 15 is 0 Å². The predicted molar refractivity (Wildman–Crippen MR) is 84.7 cm³/mol. The van der Waals surface area contributed by atoms with Gasteiger partial charge in [-0.3, -0.25) is 10.2 Å². The Hall–Kier alpha value is -0.630. The summed E-state index contributed by atoms with van der Waals surface area (Å²) in [6.07, 6.45) is 3.44. The van der Waals surface area contributed by atoms with Crippen molar-refractivity contribution in [1.82, 2.24) is 15.1 Å². The zero-order chi connectivity index (χ0) is 15.3. The van der Waals surface area contributed by atoms with Crippen LogP contribution in [0.5, 0.6) is 0 Å². The Morgan fingerprint density at radius 1 is 1.40 bits per heavy atom. The van der Waals surface area contributed by atoms with E-state index in [9.17, 15) is 5.26 Å². The highest BCUT2D eigenvalue weighted by Crippen LogP contribution is 2.25. The number of hydrogen-bond donors (Lipinski definition) is 1. The molecule has 0 radical (unpaired) electrons. The standard InChI is InChI=1S/C16H32N4/c1-13(2)18-16(4,12-17)10-14(3)20-9-7-8-15(20)11-19(5)6/h13-15,18H,7-11H2,1-6H3. The molecule has 4 nitrogen and oxygen atoms in total. The third kappa shape index (κ3) is 5.05. The van der Waals surface area contributed by atoms with Crippen LogP contribution in [0.1, 0.15) is 47.0 Å². The highest BCUT2D eigenvalue weighted by molar-refractivity contribution is 5.06. The smallest absolute Gasteiger partial charge is 0.105 e. The molecular weight excluding hydrogens is 248 g/mol. The van der Waals surface area contributed by atoms with Gasteiger partial charge < -0.3 is 4.90 Å². The summed E-state index contributed by atoms with van der Waals surface area (Å²) in [6, 6.07) is 3.89. The number of rotatable bonds is 7. The second kappa shape index (κ2) is 7.40. The Morgan fingerprint density at radius 3 is 2.55 bits per heavy atom. The van der Waals surface area contributed by atoms with Crippen LogP contribution in [0.2, 0.25) is 0 Å². The van der Waals surface area contributed by atoms with E-state index in [1.165, 1.54) is 19.4 Å². The van der Waals surface area contributed by atoms with Crippen molar-refractivity contribution in [2.75, 3.05) is 27.2 Å². The highest BCUT2D eigenvalue weighted by Gasteiger charge is 2.34. The van der Waals surface area contributed by atoms with Crippen molar-refractivity contribution < 1.29 is 0 Å². The van der Waals surface area contributed by atoms with Gasteiger partial charge in [0.2, 0.25) is 0 Å². The SMILES string of the molecule is CC(C)NC(C)(C#N)CC(C)N1CCCC1CN(C)C. The van der Waals surface area contributed by atoms with Gasteiger partial charge in [0.05, 0.1) is 6.07 Å². The zero-order valence-electron chi connectivity index (χ0n) is 14.1. The lowest BCUT2D eigenvalue weighted by atomic mass is 9.93. The Labute approximate surface area is 125 Å². The van der Waals surface area contributed by atoms with Crippen molar-refractivity contribution in [3.63, 3.8) is 0 Å². The number of nitrogens with zero attached hydrogens (tertiary/aromatic N) is 3. The molecule has 1 aliphatic heterocycles. The van der Waals surface area contributed by atoms with Crippen LogP contribution in [-0.2, 0) is 0 Å². The molecule has 0 aromatic heterocycles. The molecule has 0 aliphatic carbocycles. The molecule has 0 aromatic carbocycles. The maximum absolute atomic E-state index is 9.50. The first-order valence-electron chi connectivity index (χ1n) is 7.87. The minimum atomic E-state index is -0.432. The summed E-state index contributed by atoms with van der Waals surface area (Å²) in [5.74, 6) is 0. The van der Waals surface area contributed by atoms with Gasteiger partial charge in [0, 0.05) is 24.7 Å². The Balaban J connectivity index is 2.64. The monoisotopic (exact) mass is 280 g/mol. The second-order valence-electron chi connectivity index (χ2n) is 7.09. The van der Waals surface area contributed by atoms with Gasteiger partial charge in [0.25, 0.3) is 0 Å². The van der Waals surface area contributed by atoms with Crippen molar-refractivity contribution >= 4 is 0 Å². The molecule has 1 saturated heterocycles. The van der Waals surface area contributed by atoms with E-state index in [1.807, 2.05) is 6.92 Å². The van der Waals surface area contributed by atoms with Gasteiger partial charge >= 0.3 is 0 Å². The Morgan fingerprint density at radius 2 is 2.05 bits per heavy atom. The molecule has 1 fully saturated rings. The third-order valence-electron chi connectivity index (χ3n) is 4.12. The molecule has 0 saturated carbocycles. The molecule has 3 unspecified atom stereocenters. The van der Waals surface area contributed by atoms with Crippen molar-refractivity contribution in [3.8, 4) is 6.07 Å². The summed E-state index contributed by atoms with van der Waals surface area (Å²) in [7, 11) is 4.28. The summed E-state index contributed by atoms with van der Waals surface area (Å²) in [4.78, 5) is 4.86. The number of likely N-dealkylation sites (tertiary alicyclic amines) is 1. The number of nitriles is 1. The molecule has 0 aromatic rings. The van der Waals surface area contributed by atoms with Crippen molar-refractivity contribution in [1.29, 1.82) is 5.26 Å². The number of hydrogen-bond acceptors (Lipinski definition) is 4. The fraction of sp³-hybridized carbons (Fsp3) is 0.938. The van der Waals surface area contributed by atoms with Crippen molar-refractivity contribution in [3.05, 3.63) is 0 Å². The van der Waals surface area contributed by atoms with Gasteiger partial charge in [-0.25, -0.2) is 0 Å². The highest BCUT2D eigenvalue weighted by atomic mass is 15.2. The summed E-state index contributed by atoms with van der Waals surface area (Å²) in [5.41, 5.74) is -0.432. The van der Waals surface area contributed by atoms with E-state index in [1.54, 1.807) is 0 Å². The van der Waals surface area contributed by atoms with E-state index in [-0.39, 0.29) is 0 Å². The molecule has 0 amide bonds. The van der Waals surface area contributed by atoms with Gasteiger partial charge in [0.1, 0.15) is 5.54 Å². The third-order valence-corrected chi connectivity index (χ3v) is 4.12. The molecule has 1 heterocycles. The zero-order valence-corrected chi connectivity index (χ0v) is 14.1. The molecule has 4 heteroatoms. The molecule has 0 bridgehead atoms. The van der Waals surface area contributed by atoms with E-state index in [4.69, 9.17) is 0 Å². The summed E-state index contributed by atoms with van der Waals surface area (Å²) in [6.45, 7) is 10.8. The fourth-order valence-electron chi connectivity index (χ4n) is 3.54. The van der Waals surface area contributed by atoms with Gasteiger partial charge in [0.15, 0.2) is 0 Å². The number of likely N-dealkylation sites (N-methyl/N-ethyl adjacent to an activating group) is 1. The van der Waals surface area contributed by atoms with Gasteiger partial charge in [-0.05, 0) is 67.6 Å². The summed E-state index contributed by atoms with van der Waals surface area (Å²) in [5, 5.41) is 12.9. The average molecular weight is 280 g/mol. The maximum Gasteiger partial charge on any atom is 0.105 e. The molecule has 1 N–H and O–H groups in total. The Bertz CT molecular complexity index is 334. The first-order valence-corrected chi connectivity index (χ1v) is 7.87. The van der Waals surface area contributed by atoms with Gasteiger partial charge in [-0.1, -0.05) is 0 Å². The second-order valence-corrected chi connectivity index (χ2v) is 7.09. The van der Waals surface area contributed by atoms with Gasteiger partial charge in [-0.15, -0.1) is 0 Å². The minimum Gasteiger partial charge on any atom is -0.308 e. The molecule has 20 heavy (non-hydrogen) atoms. The first-order chi connectivity index (χ1) is 9.27. The van der Waals surface area contributed by atoms with Crippen molar-refractivity contribution in [2.45, 2.75) is 70.6 Å². The van der Waals surface area contributed by atoms with Crippen LogP contribution in [-0.4, -0.2) is 60.6 Å². The van der Waals surface area contributed by atoms with E-state index in [2.05, 4.69) is 56.1 Å². The fourth-order valence-corrected chi connectivity index (χ4v) is 3.54. The van der Waals surface area contributed by atoms with Crippen LogP contribution >= 0.6 is 0 Å². The lowest BCUT2D eigenvalue weighted by Crippen LogP contribution is -2.51. The summed E-state index contributed by atoms with van der Waals surface area (Å²) < 4.78 is 0. The normalized spacial score (nSPS) is 24.9. The van der Waals surface area contributed by atoms with Gasteiger partial charge in [-0.2, -0.15) is 5.26 Å². The average Bonchev–Trinajstić information content (AvgIpc) is 2.75. The van der Waals surface area contributed by atoms with E-state index < -0.39 is 5.54 Å². The van der Waals surface area contributed by atoms with Crippen LogP contribution in [0.25, 0.3) is 0 Å². The van der Waals surface area contributed by atoms with Crippen LogP contribution in [0.4, 0.5) is 0 Å². The molecular formula is C16H32N4. The van der Waals surface area contributed by atoms with Crippen LogP contribution in [0.15, 0.2) is 0 Å². The molecule has 1 rings (SSSR count). The van der Waals surface area contributed by atoms with E-state index in [0.29, 0.717) is 18.1 Å². The quantitative estimate of drug-likeness (QED) is 0.775. The predicted octanol–water partition coefficient (Wildman–Crippen LogP) is 2.07. The number of nitrogens with one attached hydrogen (secondary N) is 1. The molecule has 0 spiro atoms. The lowest BCUT2D eigenvalue weighted by molar-refractivity contribution is 0.138. The van der Waals surface area contributed by atoms with E-state index in [0.717, 1.165) is 13.0 Å². The largest absolute Gasteiger partial charge is 0.308 e. The molecule has 116 valence electrons. The summed E-state index contributed by atoms with van der Waals surface area (Å²) >= 11 is 0. The maximum atomic E-state index is 9.50. The van der Waals surface area contributed by atoms with Crippen LogP contribution in [0.3, 0.4) is 0 Å². The minimum absolute atomic E-state index is 0.336. The molecule has 1 aliphatic rings. The first kappa shape index (κ1) is 17.4. The van der Waals surface area contributed by atoms with Crippen LogP contribution in [0, 0.1) is 11.3 Å². The van der Waals surface area contributed by atoms with Crippen molar-refractivity contribution in [2.24, 2.45) is 0 Å². The van der Waals surface area contributed by atoms with Crippen LogP contribution < -0.4 is 5.32 Å². The Kier molecular flexibility index (Phi) is 6.44. The topological polar surface area (TPSA) is 42.3 Å². The molecule has 3 atom stereocenters.